The monoisotopic (exact) mass is 478 g/mol. The maximum atomic E-state index is 14.6. The minimum Gasteiger partial charge on any atom is -0.376 e. The van der Waals surface area contributed by atoms with Gasteiger partial charge in [0.05, 0.1) is 12.2 Å². The van der Waals surface area contributed by atoms with E-state index in [1.54, 1.807) is 0 Å². The number of aliphatic hydroxyl groups excluding tert-OH is 1. The van der Waals surface area contributed by atoms with Crippen molar-refractivity contribution >= 4 is 7.60 Å². The van der Waals surface area contributed by atoms with Gasteiger partial charge in [0.25, 0.3) is 0 Å². The molecule has 0 spiro atoms. The molecule has 2 aliphatic carbocycles. The van der Waals surface area contributed by atoms with E-state index in [0.29, 0.717) is 41.1 Å². The summed E-state index contributed by atoms with van der Waals surface area (Å²) in [7, 11) is -3.84. The largest absolute Gasteiger partial charge is 0.376 e. The van der Waals surface area contributed by atoms with Crippen LogP contribution in [0.4, 0.5) is 0 Å². The lowest BCUT2D eigenvalue weighted by Gasteiger charge is -2.42. The second kappa shape index (κ2) is 11.4. The topological polar surface area (TPSA) is 55.8 Å². The zero-order chi connectivity index (χ0) is 24.3. The van der Waals surface area contributed by atoms with Gasteiger partial charge in [-0.1, -0.05) is 84.2 Å². The Morgan fingerprint density at radius 3 is 1.64 bits per heavy atom. The van der Waals surface area contributed by atoms with Crippen LogP contribution in [-0.4, -0.2) is 17.3 Å². The van der Waals surface area contributed by atoms with Gasteiger partial charge in [0, 0.05) is 0 Å². The number of aryl methyl sites for hydroxylation is 1. The zero-order valence-electron chi connectivity index (χ0n) is 21.9. The standard InChI is InChI=1S/C28H47O4P/c1-18(2)24-14-10-21(6)16-26(24)31-33(30,28(29)23-12-8-20(5)9-13-23)32-27-17-22(7)11-15-25(27)19(3)4/h8-9,12-13,18-19,21-22,24-29H,10-11,14-17H2,1-7H3/t21-,22-,24-,25-,26-,27+,28+,33?/m1/s1. The third-order valence-corrected chi connectivity index (χ3v) is 10.2. The molecule has 1 N–H and O–H groups in total. The number of hydrogen-bond acceptors (Lipinski definition) is 4. The summed E-state index contributed by atoms with van der Waals surface area (Å²) >= 11 is 0. The maximum Gasteiger partial charge on any atom is 0.363 e. The first kappa shape index (κ1) is 26.9. The van der Waals surface area contributed by atoms with Crippen LogP contribution in [0.25, 0.3) is 0 Å². The van der Waals surface area contributed by atoms with Crippen molar-refractivity contribution in [3.8, 4) is 0 Å². The molecule has 2 fully saturated rings. The molecule has 1 aromatic carbocycles. The van der Waals surface area contributed by atoms with E-state index in [1.807, 2.05) is 31.2 Å². The van der Waals surface area contributed by atoms with Gasteiger partial charge >= 0.3 is 7.60 Å². The lowest BCUT2D eigenvalue weighted by atomic mass is 9.75. The third-order valence-electron chi connectivity index (χ3n) is 8.16. The Morgan fingerprint density at radius 1 is 0.818 bits per heavy atom. The summed E-state index contributed by atoms with van der Waals surface area (Å²) in [5, 5.41) is 11.5. The van der Waals surface area contributed by atoms with Gasteiger partial charge in [-0.25, -0.2) is 0 Å². The first-order valence-corrected chi connectivity index (χ1v) is 14.8. The van der Waals surface area contributed by atoms with Gasteiger partial charge in [-0.2, -0.15) is 0 Å². The van der Waals surface area contributed by atoms with Gasteiger partial charge in [0.2, 0.25) is 0 Å². The smallest absolute Gasteiger partial charge is 0.363 e. The highest BCUT2D eigenvalue weighted by Gasteiger charge is 2.46. The van der Waals surface area contributed by atoms with Crippen molar-refractivity contribution in [2.24, 2.45) is 35.5 Å². The highest BCUT2D eigenvalue weighted by Crippen LogP contribution is 2.64. The second-order valence-electron chi connectivity index (χ2n) is 11.8. The zero-order valence-corrected chi connectivity index (χ0v) is 22.8. The van der Waals surface area contributed by atoms with Crippen LogP contribution in [0.5, 0.6) is 0 Å². The molecule has 0 saturated heterocycles. The molecule has 5 heteroatoms. The van der Waals surface area contributed by atoms with Gasteiger partial charge in [-0.05, 0) is 73.7 Å². The maximum absolute atomic E-state index is 14.6. The van der Waals surface area contributed by atoms with E-state index >= 15 is 0 Å². The molecule has 2 saturated carbocycles. The van der Waals surface area contributed by atoms with Crippen molar-refractivity contribution in [2.45, 2.75) is 105 Å². The molecule has 0 radical (unpaired) electrons. The predicted octanol–water partition coefficient (Wildman–Crippen LogP) is 8.13. The molecular formula is C28H47O4P. The second-order valence-corrected chi connectivity index (χ2v) is 13.8. The molecule has 0 aromatic heterocycles. The normalized spacial score (nSPS) is 33.8. The summed E-state index contributed by atoms with van der Waals surface area (Å²) in [6.45, 7) is 15.4. The van der Waals surface area contributed by atoms with Crippen molar-refractivity contribution in [1.82, 2.24) is 0 Å². The Hall–Kier alpha value is -0.670. The van der Waals surface area contributed by atoms with Crippen LogP contribution in [0.1, 0.15) is 97.0 Å². The number of benzene rings is 1. The van der Waals surface area contributed by atoms with Gasteiger partial charge < -0.3 is 14.2 Å². The third kappa shape index (κ3) is 6.72. The van der Waals surface area contributed by atoms with Gasteiger partial charge in [-0.15, -0.1) is 0 Å². The van der Waals surface area contributed by atoms with Crippen LogP contribution in [0.15, 0.2) is 24.3 Å². The highest BCUT2D eigenvalue weighted by molar-refractivity contribution is 7.54. The van der Waals surface area contributed by atoms with Crippen LogP contribution >= 0.6 is 7.60 Å². The predicted molar refractivity (Wildman–Crippen MR) is 136 cm³/mol. The lowest BCUT2D eigenvalue weighted by Crippen LogP contribution is -2.37. The SMILES string of the molecule is Cc1ccc([C@@H](O)P(=O)(O[C@H]2C[C@H](C)CC[C@@H]2C(C)C)O[C@@H]2C[C@H](C)CC[C@@H]2C(C)C)cc1. The van der Waals surface area contributed by atoms with E-state index in [9.17, 15) is 9.67 Å². The fourth-order valence-corrected chi connectivity index (χ4v) is 7.97. The molecule has 1 aromatic rings. The molecule has 188 valence electrons. The highest BCUT2D eigenvalue weighted by atomic mass is 31.2. The Morgan fingerprint density at radius 2 is 1.24 bits per heavy atom. The first-order chi connectivity index (χ1) is 15.5. The Labute approximate surface area is 202 Å². The van der Waals surface area contributed by atoms with E-state index < -0.39 is 13.4 Å². The van der Waals surface area contributed by atoms with Crippen LogP contribution in [0.3, 0.4) is 0 Å². The van der Waals surface area contributed by atoms with Crippen LogP contribution in [0, 0.1) is 42.4 Å². The first-order valence-electron chi connectivity index (χ1n) is 13.2. The van der Waals surface area contributed by atoms with Crippen LogP contribution in [-0.2, 0) is 13.6 Å². The quantitative estimate of drug-likeness (QED) is 0.383. The van der Waals surface area contributed by atoms with Gasteiger partial charge in [-0.3, -0.25) is 4.57 Å². The molecule has 2 aliphatic rings. The van der Waals surface area contributed by atoms with E-state index in [4.69, 9.17) is 9.05 Å². The average Bonchev–Trinajstić information content (AvgIpc) is 2.73. The molecule has 33 heavy (non-hydrogen) atoms. The molecule has 8 atom stereocenters. The molecular weight excluding hydrogens is 431 g/mol. The van der Waals surface area contributed by atoms with Crippen molar-refractivity contribution < 1.29 is 18.7 Å². The fraction of sp³-hybridized carbons (Fsp3) is 0.786. The van der Waals surface area contributed by atoms with Crippen LogP contribution < -0.4 is 0 Å². The summed E-state index contributed by atoms with van der Waals surface area (Å²) < 4.78 is 27.6. The summed E-state index contributed by atoms with van der Waals surface area (Å²) in [6, 6.07) is 7.60. The summed E-state index contributed by atoms with van der Waals surface area (Å²) in [5.41, 5.74) is 1.71. The van der Waals surface area contributed by atoms with Crippen molar-refractivity contribution in [2.75, 3.05) is 0 Å². The summed E-state index contributed by atoms with van der Waals surface area (Å²) in [5.74, 6) is 1.30. The molecule has 0 amide bonds. The number of aliphatic hydroxyl groups is 1. The summed E-state index contributed by atoms with van der Waals surface area (Å²) in [4.78, 5) is 0. The average molecular weight is 479 g/mol. The van der Waals surface area contributed by atoms with E-state index in [-0.39, 0.29) is 12.2 Å². The number of rotatable bonds is 8. The fourth-order valence-electron chi connectivity index (χ4n) is 5.91. The van der Waals surface area contributed by atoms with Crippen molar-refractivity contribution in [3.05, 3.63) is 35.4 Å². The molecule has 0 bridgehead atoms. The molecule has 3 rings (SSSR count). The Kier molecular flexibility index (Phi) is 9.28. The molecule has 0 heterocycles. The van der Waals surface area contributed by atoms with Crippen molar-refractivity contribution in [1.29, 1.82) is 0 Å². The molecule has 4 nitrogen and oxygen atoms in total. The Balaban J connectivity index is 1.94. The van der Waals surface area contributed by atoms with E-state index in [1.165, 1.54) is 12.8 Å². The lowest BCUT2D eigenvalue weighted by molar-refractivity contribution is -0.0153. The van der Waals surface area contributed by atoms with Gasteiger partial charge in [0.15, 0.2) is 5.85 Å². The van der Waals surface area contributed by atoms with E-state index in [0.717, 1.165) is 31.2 Å². The number of hydrogen-bond donors (Lipinski definition) is 1. The van der Waals surface area contributed by atoms with Crippen LogP contribution in [0.2, 0.25) is 0 Å². The molecule has 1 unspecified atom stereocenters. The minimum absolute atomic E-state index is 0.154. The molecule has 0 aliphatic heterocycles. The minimum atomic E-state index is -3.84. The van der Waals surface area contributed by atoms with Gasteiger partial charge in [0.1, 0.15) is 0 Å². The Bertz CT molecular complexity index is 752. The van der Waals surface area contributed by atoms with Crippen molar-refractivity contribution in [3.63, 3.8) is 0 Å². The van der Waals surface area contributed by atoms with E-state index in [2.05, 4.69) is 41.5 Å². The summed E-state index contributed by atoms with van der Waals surface area (Å²) in [6.07, 6.45) is 5.90.